The molecule has 13 heteroatoms. The molecule has 1 aliphatic heterocycles. The molecule has 10 nitrogen and oxygen atoms in total. The van der Waals surface area contributed by atoms with Crippen molar-refractivity contribution in [2.45, 2.75) is 88.0 Å². The molecule has 0 radical (unpaired) electrons. The first-order valence-corrected chi connectivity index (χ1v) is 17.2. The molecule has 1 aromatic heterocycles. The predicted molar refractivity (Wildman–Crippen MR) is 169 cm³/mol. The average Bonchev–Trinajstić information content (AvgIpc) is 3.58. The lowest BCUT2D eigenvalue weighted by atomic mass is 9.96. The third kappa shape index (κ3) is 9.32. The number of amides is 2. The number of hydrogen-bond acceptors (Lipinski definition) is 8. The van der Waals surface area contributed by atoms with Crippen LogP contribution in [0.15, 0.2) is 59.4 Å². The zero-order chi connectivity index (χ0) is 32.4. The first-order chi connectivity index (χ1) is 21.6. The monoisotopic (exact) mass is 644 g/mol. The number of anilines is 2. The largest absolute Gasteiger partial charge is 0.382 e. The van der Waals surface area contributed by atoms with Crippen LogP contribution >= 0.6 is 0 Å². The molecule has 244 valence electrons. The van der Waals surface area contributed by atoms with Crippen molar-refractivity contribution in [2.24, 2.45) is 0 Å². The van der Waals surface area contributed by atoms with Gasteiger partial charge in [0.15, 0.2) is 9.84 Å². The number of nitrogens with one attached hydrogen (secondary N) is 2. The van der Waals surface area contributed by atoms with E-state index < -0.39 is 22.0 Å². The maximum Gasteiger partial charge on any atom is 0.269 e. The number of para-hydroxylation sites is 1. The van der Waals surface area contributed by atoms with E-state index in [1.165, 1.54) is 24.5 Å². The number of benzene rings is 1. The normalized spacial score (nSPS) is 16.6. The molecule has 2 amide bonds. The van der Waals surface area contributed by atoms with Gasteiger partial charge in [0.1, 0.15) is 11.9 Å². The Labute approximate surface area is 263 Å². The molecule has 1 atom stereocenters. The maximum atomic E-state index is 13.6. The van der Waals surface area contributed by atoms with Crippen molar-refractivity contribution in [1.82, 2.24) is 20.2 Å². The summed E-state index contributed by atoms with van der Waals surface area (Å²) >= 11 is 0. The first kappa shape index (κ1) is 34.0. The van der Waals surface area contributed by atoms with Crippen LogP contribution < -0.4 is 16.4 Å². The highest BCUT2D eigenvalue weighted by atomic mass is 32.2. The number of hydrogen-bond donors (Lipinski definition) is 3. The fourth-order valence-electron chi connectivity index (χ4n) is 5.86. The predicted octanol–water partition coefficient (Wildman–Crippen LogP) is 5.11. The van der Waals surface area contributed by atoms with Crippen molar-refractivity contribution in [2.75, 3.05) is 29.9 Å². The first-order valence-electron chi connectivity index (χ1n) is 15.5. The number of likely N-dealkylation sites (tertiary alicyclic amines) is 1. The minimum absolute atomic E-state index is 0.0714. The lowest BCUT2D eigenvalue weighted by Gasteiger charge is -2.31. The summed E-state index contributed by atoms with van der Waals surface area (Å²) in [7, 11) is -3.84. The highest BCUT2D eigenvalue weighted by Crippen LogP contribution is 2.40. The Balaban J connectivity index is 1.47. The number of sulfone groups is 1. The molecule has 1 saturated heterocycles. The lowest BCUT2D eigenvalue weighted by Crippen LogP contribution is -2.47. The summed E-state index contributed by atoms with van der Waals surface area (Å²) in [5.74, 6) is -0.341. The molecule has 2 aromatic rings. The van der Waals surface area contributed by atoms with Gasteiger partial charge in [-0.1, -0.05) is 38.0 Å². The minimum atomic E-state index is -3.84. The van der Waals surface area contributed by atoms with E-state index in [9.17, 15) is 26.8 Å². The van der Waals surface area contributed by atoms with Gasteiger partial charge in [0.25, 0.3) is 6.08 Å². The summed E-state index contributed by atoms with van der Waals surface area (Å²) in [6, 6.07) is 4.44. The Bertz CT molecular complexity index is 1490. The van der Waals surface area contributed by atoms with E-state index in [-0.39, 0.29) is 66.3 Å². The molecule has 2 aliphatic rings. The molecule has 2 fully saturated rings. The van der Waals surface area contributed by atoms with Crippen molar-refractivity contribution >= 4 is 33.2 Å². The van der Waals surface area contributed by atoms with Crippen LogP contribution in [-0.2, 0) is 25.8 Å². The second kappa shape index (κ2) is 15.9. The van der Waals surface area contributed by atoms with E-state index in [1.54, 1.807) is 24.1 Å². The third-order valence-corrected chi connectivity index (χ3v) is 10.0. The molecule has 1 aliphatic carbocycles. The van der Waals surface area contributed by atoms with E-state index in [0.29, 0.717) is 36.5 Å². The Kier molecular flexibility index (Phi) is 12.0. The molecule has 0 spiro atoms. The molecule has 4 N–H and O–H groups in total. The fraction of sp³-hybridized carbons (Fsp3) is 0.500. The second-order valence-electron chi connectivity index (χ2n) is 11.5. The number of nitrogens with zero attached hydrogens (tertiary/aromatic N) is 3. The number of aryl methyl sites for hydroxylation is 1. The van der Waals surface area contributed by atoms with E-state index in [2.05, 4.69) is 20.6 Å². The highest BCUT2D eigenvalue weighted by Gasteiger charge is 2.28. The van der Waals surface area contributed by atoms with Crippen molar-refractivity contribution < 1.29 is 26.8 Å². The molecule has 45 heavy (non-hydrogen) atoms. The van der Waals surface area contributed by atoms with Gasteiger partial charge in [-0.15, -0.1) is 0 Å². The van der Waals surface area contributed by atoms with Gasteiger partial charge < -0.3 is 21.3 Å². The van der Waals surface area contributed by atoms with Gasteiger partial charge >= 0.3 is 0 Å². The lowest BCUT2D eigenvalue weighted by molar-refractivity contribution is -0.133. The van der Waals surface area contributed by atoms with Gasteiger partial charge in [-0.2, -0.15) is 8.78 Å². The molecule has 1 aromatic carbocycles. The summed E-state index contributed by atoms with van der Waals surface area (Å²) in [5, 5.41) is 5.91. The van der Waals surface area contributed by atoms with E-state index in [4.69, 9.17) is 5.73 Å². The Morgan fingerprint density at radius 3 is 2.51 bits per heavy atom. The molecule has 1 saturated carbocycles. The fourth-order valence-corrected chi connectivity index (χ4v) is 7.16. The molecule has 0 bridgehead atoms. The van der Waals surface area contributed by atoms with E-state index >= 15 is 0 Å². The van der Waals surface area contributed by atoms with Crippen LogP contribution in [-0.4, -0.2) is 60.0 Å². The molecular weight excluding hydrogens is 602 g/mol. The van der Waals surface area contributed by atoms with Gasteiger partial charge in [-0.3, -0.25) is 14.6 Å². The van der Waals surface area contributed by atoms with Crippen LogP contribution in [0.2, 0.25) is 0 Å². The number of carbonyl (C=O) groups excluding carboxylic acids is 2. The van der Waals surface area contributed by atoms with Gasteiger partial charge in [0.05, 0.1) is 34.4 Å². The smallest absolute Gasteiger partial charge is 0.269 e. The molecule has 4 rings (SSSR count). The van der Waals surface area contributed by atoms with Crippen LogP contribution in [0.1, 0.15) is 81.9 Å². The standard InChI is InChI=1S/C32H42F2N6O4S/c1-2-29(41)39-30-25(22-8-3-4-9-22)11-6-13-27(30)45(43,44)19-7-16-36-26(12-5-10-24-20-38-28(35)21-37-24)32(42)40-17-14-23(15-18-40)31(33)34/h6-7,11,13,16,20-22,26,36H,2-5,8-10,12,14-15,17-19H2,1H3,(H2,35,38)(H,39,41). The number of aromatic nitrogens is 2. The summed E-state index contributed by atoms with van der Waals surface area (Å²) in [6.07, 6.45) is 10.2. The Morgan fingerprint density at radius 1 is 1.13 bits per heavy atom. The Hall–Kier alpha value is -3.87. The third-order valence-electron chi connectivity index (χ3n) is 8.40. The summed E-state index contributed by atoms with van der Waals surface area (Å²) in [4.78, 5) is 35.7. The number of halogens is 2. The summed E-state index contributed by atoms with van der Waals surface area (Å²) < 4.78 is 53.2. The molecule has 1 unspecified atom stereocenters. The number of nitrogens with two attached hydrogens (primary N) is 1. The SMILES string of the molecule is CCC(=O)Nc1c(C2CCCC2)cccc1S(=O)(=O)CC=CNC(CCCc1cnc(N)cn1)C(=O)N1CCC(=C(F)F)CC1. The van der Waals surface area contributed by atoms with Crippen LogP contribution in [0, 0.1) is 0 Å². The summed E-state index contributed by atoms with van der Waals surface area (Å²) in [6.45, 7) is 2.10. The van der Waals surface area contributed by atoms with Crippen LogP contribution in [0.25, 0.3) is 0 Å². The Morgan fingerprint density at radius 2 is 1.87 bits per heavy atom. The topological polar surface area (TPSA) is 147 Å². The van der Waals surface area contributed by atoms with E-state index in [0.717, 1.165) is 31.2 Å². The molecular formula is C32H42F2N6O4S. The number of carbonyl (C=O) groups is 2. The highest BCUT2D eigenvalue weighted by molar-refractivity contribution is 7.91. The molecule has 2 heterocycles. The number of nitrogen functional groups attached to an aromatic ring is 1. The van der Waals surface area contributed by atoms with Crippen molar-refractivity contribution in [3.05, 3.63) is 65.8 Å². The van der Waals surface area contributed by atoms with Gasteiger partial charge in [0.2, 0.25) is 11.8 Å². The van der Waals surface area contributed by atoms with Gasteiger partial charge in [-0.05, 0) is 74.3 Å². The quantitative estimate of drug-likeness (QED) is 0.273. The zero-order valence-corrected chi connectivity index (χ0v) is 26.4. The van der Waals surface area contributed by atoms with Crippen molar-refractivity contribution in [1.29, 1.82) is 0 Å². The van der Waals surface area contributed by atoms with Crippen molar-refractivity contribution in [3.63, 3.8) is 0 Å². The zero-order valence-electron chi connectivity index (χ0n) is 25.6. The number of rotatable bonds is 13. The minimum Gasteiger partial charge on any atom is -0.382 e. The number of piperidine rings is 1. The van der Waals surface area contributed by atoms with Gasteiger partial charge in [0, 0.05) is 19.5 Å². The maximum absolute atomic E-state index is 13.6. The second-order valence-corrected chi connectivity index (χ2v) is 13.5. The van der Waals surface area contributed by atoms with Crippen LogP contribution in [0.5, 0.6) is 0 Å². The average molecular weight is 645 g/mol. The van der Waals surface area contributed by atoms with Gasteiger partial charge in [-0.25, -0.2) is 13.4 Å². The van der Waals surface area contributed by atoms with E-state index in [1.807, 2.05) is 6.07 Å². The van der Waals surface area contributed by atoms with Crippen LogP contribution in [0.3, 0.4) is 0 Å². The van der Waals surface area contributed by atoms with Crippen LogP contribution in [0.4, 0.5) is 20.3 Å². The summed E-state index contributed by atoms with van der Waals surface area (Å²) in [5.41, 5.74) is 7.61. The van der Waals surface area contributed by atoms with Crippen molar-refractivity contribution in [3.8, 4) is 0 Å².